The summed E-state index contributed by atoms with van der Waals surface area (Å²) in [5.74, 6) is 0. The molecule has 0 bridgehead atoms. The van der Waals surface area contributed by atoms with Gasteiger partial charge in [-0.25, -0.2) is 0 Å². The molecule has 2 unspecified atom stereocenters. The summed E-state index contributed by atoms with van der Waals surface area (Å²) in [5, 5.41) is 0. The summed E-state index contributed by atoms with van der Waals surface area (Å²) < 4.78 is 6.12. The Hall–Kier alpha value is -2.12. The second-order valence-corrected chi connectivity index (χ2v) is 5.06. The first-order valence-corrected chi connectivity index (χ1v) is 7.30. The smallest absolute Gasteiger partial charge is 0.0801 e. The van der Waals surface area contributed by atoms with Gasteiger partial charge in [0.05, 0.1) is 12.2 Å². The van der Waals surface area contributed by atoms with Crippen LogP contribution in [0.25, 0.3) is 0 Å². The van der Waals surface area contributed by atoms with Crippen LogP contribution >= 0.6 is 0 Å². The lowest BCUT2D eigenvalue weighted by atomic mass is 10.1. The maximum atomic E-state index is 6.12. The number of hydrogen-bond donors (Lipinski definition) is 0. The van der Waals surface area contributed by atoms with Gasteiger partial charge in [0.2, 0.25) is 0 Å². The molecule has 0 fully saturated rings. The Labute approximate surface area is 127 Å². The Kier molecular flexibility index (Phi) is 5.99. The minimum Gasteiger partial charge on any atom is -0.366 e. The summed E-state index contributed by atoms with van der Waals surface area (Å²) in [4.78, 5) is 0. The van der Waals surface area contributed by atoms with E-state index in [0.717, 1.165) is 12.8 Å². The Balaban J connectivity index is 1.95. The topological polar surface area (TPSA) is 9.23 Å². The average molecular weight is 278 g/mol. The van der Waals surface area contributed by atoms with Crippen LogP contribution in [-0.2, 0) is 17.6 Å². The molecular weight excluding hydrogens is 256 g/mol. The van der Waals surface area contributed by atoms with E-state index >= 15 is 0 Å². The van der Waals surface area contributed by atoms with Crippen molar-refractivity contribution in [3.05, 3.63) is 97.1 Å². The number of ether oxygens (including phenoxy) is 1. The van der Waals surface area contributed by atoms with Gasteiger partial charge in [0.25, 0.3) is 0 Å². The van der Waals surface area contributed by atoms with Crippen molar-refractivity contribution in [3.63, 3.8) is 0 Å². The fourth-order valence-corrected chi connectivity index (χ4v) is 2.29. The fraction of sp³-hybridized carbons (Fsp3) is 0.200. The van der Waals surface area contributed by atoms with Crippen LogP contribution in [0.1, 0.15) is 11.1 Å². The molecule has 0 saturated heterocycles. The van der Waals surface area contributed by atoms with Crippen molar-refractivity contribution < 1.29 is 4.74 Å². The van der Waals surface area contributed by atoms with E-state index in [9.17, 15) is 0 Å². The van der Waals surface area contributed by atoms with Gasteiger partial charge in [-0.05, 0) is 11.1 Å². The van der Waals surface area contributed by atoms with Crippen molar-refractivity contribution in [2.75, 3.05) is 0 Å². The predicted molar refractivity (Wildman–Crippen MR) is 89.3 cm³/mol. The van der Waals surface area contributed by atoms with E-state index in [4.69, 9.17) is 4.74 Å². The van der Waals surface area contributed by atoms with Crippen LogP contribution in [0.4, 0.5) is 0 Å². The van der Waals surface area contributed by atoms with Crippen molar-refractivity contribution in [1.29, 1.82) is 0 Å². The summed E-state index contributed by atoms with van der Waals surface area (Å²) in [5.41, 5.74) is 2.51. The van der Waals surface area contributed by atoms with Gasteiger partial charge in [0.1, 0.15) is 0 Å². The molecule has 2 atom stereocenters. The lowest BCUT2D eigenvalue weighted by Gasteiger charge is -2.20. The first kappa shape index (κ1) is 15.3. The largest absolute Gasteiger partial charge is 0.366 e. The molecule has 1 nitrogen and oxygen atoms in total. The van der Waals surface area contributed by atoms with Crippen LogP contribution in [-0.4, -0.2) is 12.2 Å². The molecule has 1 heteroatoms. The summed E-state index contributed by atoms with van der Waals surface area (Å²) in [6.45, 7) is 7.78. The third-order valence-electron chi connectivity index (χ3n) is 3.43. The molecule has 0 heterocycles. The van der Waals surface area contributed by atoms with E-state index in [1.165, 1.54) is 11.1 Å². The van der Waals surface area contributed by atoms with Crippen LogP contribution in [0.3, 0.4) is 0 Å². The van der Waals surface area contributed by atoms with E-state index in [-0.39, 0.29) is 12.2 Å². The van der Waals surface area contributed by atoms with Crippen LogP contribution in [0.15, 0.2) is 86.0 Å². The molecule has 0 N–H and O–H groups in total. The number of benzene rings is 2. The summed E-state index contributed by atoms with van der Waals surface area (Å²) >= 11 is 0. The lowest BCUT2D eigenvalue weighted by molar-refractivity contribution is 0.0425. The molecule has 0 aliphatic rings. The third-order valence-corrected chi connectivity index (χ3v) is 3.43. The monoisotopic (exact) mass is 278 g/mol. The standard InChI is InChI=1S/C20H22O/c1-3-19(15-17-11-7-5-8-12-17)21-20(4-2)16-18-13-9-6-10-14-18/h3-14,19-20H,1-2,15-16H2. The van der Waals surface area contributed by atoms with Crippen molar-refractivity contribution in [1.82, 2.24) is 0 Å². The van der Waals surface area contributed by atoms with Gasteiger partial charge >= 0.3 is 0 Å². The molecule has 2 aromatic rings. The van der Waals surface area contributed by atoms with E-state index in [0.29, 0.717) is 0 Å². The van der Waals surface area contributed by atoms with E-state index < -0.39 is 0 Å². The second-order valence-electron chi connectivity index (χ2n) is 5.06. The summed E-state index contributed by atoms with van der Waals surface area (Å²) in [6, 6.07) is 20.7. The van der Waals surface area contributed by atoms with Crippen molar-refractivity contribution in [2.45, 2.75) is 25.0 Å². The highest BCUT2D eigenvalue weighted by atomic mass is 16.5. The van der Waals surface area contributed by atoms with E-state index in [1.54, 1.807) is 0 Å². The fourth-order valence-electron chi connectivity index (χ4n) is 2.29. The van der Waals surface area contributed by atoms with Gasteiger partial charge in [0, 0.05) is 12.8 Å². The van der Waals surface area contributed by atoms with Gasteiger partial charge in [-0.15, -0.1) is 13.2 Å². The van der Waals surface area contributed by atoms with Crippen LogP contribution in [0.5, 0.6) is 0 Å². The van der Waals surface area contributed by atoms with Crippen LogP contribution in [0.2, 0.25) is 0 Å². The zero-order valence-electron chi connectivity index (χ0n) is 12.3. The predicted octanol–water partition coefficient (Wildman–Crippen LogP) is 4.60. The minimum absolute atomic E-state index is 0.000822. The Morgan fingerprint density at radius 2 is 1.10 bits per heavy atom. The number of hydrogen-bond acceptors (Lipinski definition) is 1. The average Bonchev–Trinajstić information content (AvgIpc) is 2.55. The zero-order chi connectivity index (χ0) is 14.9. The van der Waals surface area contributed by atoms with E-state index in [1.807, 2.05) is 48.6 Å². The Morgan fingerprint density at radius 1 is 0.714 bits per heavy atom. The molecule has 2 aromatic carbocycles. The molecule has 0 spiro atoms. The molecule has 0 aliphatic heterocycles. The van der Waals surface area contributed by atoms with Gasteiger partial charge in [-0.3, -0.25) is 0 Å². The first-order valence-electron chi connectivity index (χ1n) is 7.30. The Bertz CT molecular complexity index is 493. The van der Waals surface area contributed by atoms with Gasteiger partial charge in [-0.1, -0.05) is 72.8 Å². The Morgan fingerprint density at radius 3 is 1.43 bits per heavy atom. The molecule has 21 heavy (non-hydrogen) atoms. The van der Waals surface area contributed by atoms with Crippen molar-refractivity contribution >= 4 is 0 Å². The maximum Gasteiger partial charge on any atom is 0.0801 e. The van der Waals surface area contributed by atoms with Crippen molar-refractivity contribution in [2.24, 2.45) is 0 Å². The molecule has 0 amide bonds. The molecule has 0 radical (unpaired) electrons. The van der Waals surface area contributed by atoms with Crippen LogP contribution < -0.4 is 0 Å². The van der Waals surface area contributed by atoms with Gasteiger partial charge < -0.3 is 4.74 Å². The van der Waals surface area contributed by atoms with Crippen LogP contribution in [0, 0.1) is 0 Å². The summed E-state index contributed by atoms with van der Waals surface area (Å²) in [6.07, 6.45) is 5.41. The van der Waals surface area contributed by atoms with Crippen molar-refractivity contribution in [3.8, 4) is 0 Å². The van der Waals surface area contributed by atoms with Gasteiger partial charge in [0.15, 0.2) is 0 Å². The minimum atomic E-state index is -0.000822. The molecule has 0 aliphatic carbocycles. The zero-order valence-corrected chi connectivity index (χ0v) is 12.3. The SMILES string of the molecule is C=CC(Cc1ccccc1)OC(C=C)Cc1ccccc1. The van der Waals surface area contributed by atoms with Gasteiger partial charge in [-0.2, -0.15) is 0 Å². The summed E-state index contributed by atoms with van der Waals surface area (Å²) in [7, 11) is 0. The highest BCUT2D eigenvalue weighted by Gasteiger charge is 2.13. The normalized spacial score (nSPS) is 13.3. The molecule has 0 aromatic heterocycles. The first-order chi connectivity index (χ1) is 10.3. The highest BCUT2D eigenvalue weighted by molar-refractivity contribution is 5.18. The third kappa shape index (κ3) is 5.05. The lowest BCUT2D eigenvalue weighted by Crippen LogP contribution is -2.22. The molecule has 108 valence electrons. The second kappa shape index (κ2) is 8.23. The highest BCUT2D eigenvalue weighted by Crippen LogP contribution is 2.13. The van der Waals surface area contributed by atoms with E-state index in [2.05, 4.69) is 37.4 Å². The molecule has 0 saturated carbocycles. The quantitative estimate of drug-likeness (QED) is 0.641. The number of rotatable bonds is 8. The molecule has 2 rings (SSSR count). The molecular formula is C20H22O. The maximum absolute atomic E-state index is 6.12.